The van der Waals surface area contributed by atoms with E-state index >= 15 is 0 Å². The molecule has 4 rings (SSSR count). The first-order chi connectivity index (χ1) is 14.7. The SMILES string of the molecule is C[C@]12CC[C@H]3C(CC=C4C[C@@H](OS(=O)(=O)O)CC[C@@]43C)[C@@H]1CC[C@@H]2C(=O)COS(=O)(=O)O.[Na+]. The normalized spacial score (nSPS) is 40.6. The number of carbonyl (C=O) groups excluding carboxylic acids is 1. The van der Waals surface area contributed by atoms with Gasteiger partial charge < -0.3 is 0 Å². The summed E-state index contributed by atoms with van der Waals surface area (Å²) in [5.41, 5.74) is 0.919. The van der Waals surface area contributed by atoms with E-state index in [4.69, 9.17) is 13.3 Å². The summed E-state index contributed by atoms with van der Waals surface area (Å²) >= 11 is 0. The molecule has 12 heteroatoms. The minimum absolute atomic E-state index is 0. The molecule has 0 aromatic rings. The monoisotopic (exact) mass is 515 g/mol. The quantitative estimate of drug-likeness (QED) is 0.287. The van der Waals surface area contributed by atoms with Crippen LogP contribution in [0, 0.1) is 34.5 Å². The van der Waals surface area contributed by atoms with Crippen molar-refractivity contribution in [3.05, 3.63) is 11.6 Å². The molecular formula is C21H32NaO9S2+. The van der Waals surface area contributed by atoms with Crippen molar-refractivity contribution in [3.63, 3.8) is 0 Å². The molecule has 9 nitrogen and oxygen atoms in total. The zero-order valence-electron chi connectivity index (χ0n) is 19.4. The number of rotatable bonds is 6. The molecule has 3 saturated carbocycles. The van der Waals surface area contributed by atoms with Gasteiger partial charge in [-0.05, 0) is 80.0 Å². The molecule has 182 valence electrons. The van der Waals surface area contributed by atoms with E-state index in [0.29, 0.717) is 37.0 Å². The van der Waals surface area contributed by atoms with E-state index in [0.717, 1.165) is 32.1 Å². The van der Waals surface area contributed by atoms with Gasteiger partial charge in [0, 0.05) is 5.92 Å². The van der Waals surface area contributed by atoms with Crippen LogP contribution in [0.25, 0.3) is 0 Å². The molecule has 0 aromatic carbocycles. The summed E-state index contributed by atoms with van der Waals surface area (Å²) in [5, 5.41) is 0. The van der Waals surface area contributed by atoms with Crippen molar-refractivity contribution in [1.82, 2.24) is 0 Å². The van der Waals surface area contributed by atoms with Gasteiger partial charge in [0.25, 0.3) is 0 Å². The molecule has 0 aromatic heterocycles. The number of allylic oxidation sites excluding steroid dienone is 1. The summed E-state index contributed by atoms with van der Waals surface area (Å²) in [7, 11) is -9.12. The molecule has 33 heavy (non-hydrogen) atoms. The molecule has 4 aliphatic rings. The Balaban J connectivity index is 0.00000306. The van der Waals surface area contributed by atoms with Crippen molar-refractivity contribution in [2.75, 3.05) is 6.61 Å². The Kier molecular flexibility index (Phi) is 8.03. The van der Waals surface area contributed by atoms with E-state index in [1.807, 2.05) is 0 Å². The van der Waals surface area contributed by atoms with Crippen LogP contribution < -0.4 is 29.6 Å². The Bertz CT molecular complexity index is 1020. The van der Waals surface area contributed by atoms with Crippen LogP contribution in [-0.4, -0.2) is 44.4 Å². The fourth-order valence-electron chi connectivity index (χ4n) is 7.64. The van der Waals surface area contributed by atoms with Crippen LogP contribution in [0.1, 0.15) is 65.2 Å². The summed E-state index contributed by atoms with van der Waals surface area (Å²) in [6.45, 7) is 3.76. The minimum Gasteiger partial charge on any atom is -0.297 e. The van der Waals surface area contributed by atoms with Gasteiger partial charge in [-0.15, -0.1) is 0 Å². The van der Waals surface area contributed by atoms with E-state index in [9.17, 15) is 21.6 Å². The van der Waals surface area contributed by atoms with Crippen molar-refractivity contribution >= 4 is 26.6 Å². The van der Waals surface area contributed by atoms with Crippen molar-refractivity contribution in [3.8, 4) is 0 Å². The summed E-state index contributed by atoms with van der Waals surface area (Å²) in [5.74, 6) is 0.610. The fourth-order valence-corrected chi connectivity index (χ4v) is 8.42. The molecule has 0 heterocycles. The smallest absolute Gasteiger partial charge is 0.297 e. The third-order valence-corrected chi connectivity index (χ3v) is 9.99. The van der Waals surface area contributed by atoms with E-state index < -0.39 is 33.5 Å². The number of fused-ring (bicyclic) bond motifs is 5. The first-order valence-corrected chi connectivity index (χ1v) is 14.0. The molecule has 3 fully saturated rings. The van der Waals surface area contributed by atoms with Crippen molar-refractivity contribution < 1.29 is 68.7 Å². The molecule has 2 N–H and O–H groups in total. The van der Waals surface area contributed by atoms with E-state index in [1.54, 1.807) is 0 Å². The van der Waals surface area contributed by atoms with E-state index in [2.05, 4.69) is 24.1 Å². The van der Waals surface area contributed by atoms with Crippen LogP contribution >= 0.6 is 0 Å². The third-order valence-electron chi connectivity index (χ3n) is 9.06. The van der Waals surface area contributed by atoms with Crippen molar-refractivity contribution in [2.24, 2.45) is 34.5 Å². The maximum Gasteiger partial charge on any atom is 1.00 e. The van der Waals surface area contributed by atoms with Gasteiger partial charge in [0.15, 0.2) is 5.78 Å². The molecule has 4 aliphatic carbocycles. The molecule has 1 unspecified atom stereocenters. The molecule has 0 amide bonds. The predicted octanol–water partition coefficient (Wildman–Crippen LogP) is 0.146. The van der Waals surface area contributed by atoms with E-state index in [1.165, 1.54) is 5.57 Å². The summed E-state index contributed by atoms with van der Waals surface area (Å²) in [4.78, 5) is 12.8. The van der Waals surface area contributed by atoms with Gasteiger partial charge in [-0.2, -0.15) is 16.8 Å². The third kappa shape index (κ3) is 5.46. The Labute approximate surface area is 218 Å². The molecule has 7 atom stereocenters. The van der Waals surface area contributed by atoms with Crippen LogP contribution in [0.3, 0.4) is 0 Å². The van der Waals surface area contributed by atoms with Crippen LogP contribution in [0.5, 0.6) is 0 Å². The van der Waals surface area contributed by atoms with Gasteiger partial charge in [-0.1, -0.05) is 25.5 Å². The molecule has 0 radical (unpaired) electrons. The number of hydrogen-bond acceptors (Lipinski definition) is 7. The van der Waals surface area contributed by atoms with Crippen molar-refractivity contribution in [2.45, 2.75) is 71.3 Å². The van der Waals surface area contributed by atoms with E-state index in [-0.39, 0.29) is 52.1 Å². The van der Waals surface area contributed by atoms with Crippen LogP contribution in [0.15, 0.2) is 11.6 Å². The molecule has 0 spiro atoms. The molecule has 0 saturated heterocycles. The van der Waals surface area contributed by atoms with Crippen LogP contribution in [-0.2, 0) is 34.0 Å². The second kappa shape index (κ2) is 9.55. The maximum absolute atomic E-state index is 12.8. The van der Waals surface area contributed by atoms with Crippen LogP contribution in [0.2, 0.25) is 0 Å². The Hall–Kier alpha value is 0.150. The number of ketones is 1. The predicted molar refractivity (Wildman–Crippen MR) is 114 cm³/mol. The summed E-state index contributed by atoms with van der Waals surface area (Å²) in [6, 6.07) is 0. The fraction of sp³-hybridized carbons (Fsp3) is 0.857. The largest absolute Gasteiger partial charge is 1.00 e. The van der Waals surface area contributed by atoms with Gasteiger partial charge in [0.1, 0.15) is 6.61 Å². The van der Waals surface area contributed by atoms with Gasteiger partial charge in [0.2, 0.25) is 0 Å². The Morgan fingerprint density at radius 1 is 1.03 bits per heavy atom. The van der Waals surface area contributed by atoms with Gasteiger partial charge in [0.05, 0.1) is 6.10 Å². The van der Waals surface area contributed by atoms with Gasteiger partial charge in [-0.25, -0.2) is 8.37 Å². The number of Topliss-reactive ketones (excluding diaryl/α,β-unsaturated/α-hetero) is 1. The van der Waals surface area contributed by atoms with Crippen LogP contribution in [0.4, 0.5) is 0 Å². The zero-order chi connectivity index (χ0) is 23.5. The molecule has 0 bridgehead atoms. The first kappa shape index (κ1) is 27.7. The zero-order valence-corrected chi connectivity index (χ0v) is 23.0. The average molecular weight is 516 g/mol. The summed E-state index contributed by atoms with van der Waals surface area (Å²) < 4.78 is 71.2. The topological polar surface area (TPSA) is 144 Å². The Morgan fingerprint density at radius 3 is 2.36 bits per heavy atom. The average Bonchev–Trinajstić information content (AvgIpc) is 3.02. The van der Waals surface area contributed by atoms with Gasteiger partial charge in [-0.3, -0.25) is 13.9 Å². The van der Waals surface area contributed by atoms with Gasteiger partial charge >= 0.3 is 50.4 Å². The Morgan fingerprint density at radius 2 is 1.73 bits per heavy atom. The summed E-state index contributed by atoms with van der Waals surface area (Å²) in [6.07, 6.45) is 7.76. The second-order valence-corrected chi connectivity index (χ2v) is 12.6. The number of carbonyl (C=O) groups is 1. The standard InChI is InChI=1S/C21H32O9S2.Na/c1-20-9-7-14(30-32(26,27)28)11-13(20)3-4-15-16-5-6-18(19(22)12-29-31(23,24)25)21(16,2)10-8-17(15)20;/h3,14-18H,4-12H2,1-2H3,(H,23,24,25)(H,26,27,28);/q;+1/t14-,15?,16-,17-,18+,20-,21-;/m0./s1. The molecular weight excluding hydrogens is 483 g/mol. The minimum atomic E-state index is -4.65. The number of hydrogen-bond donors (Lipinski definition) is 2. The second-order valence-electron chi connectivity index (χ2n) is 10.5. The molecule has 0 aliphatic heterocycles. The first-order valence-electron chi connectivity index (χ1n) is 11.2. The van der Waals surface area contributed by atoms with Crippen molar-refractivity contribution in [1.29, 1.82) is 0 Å². The maximum atomic E-state index is 12.8.